The fourth-order valence-electron chi connectivity index (χ4n) is 1.12. The Morgan fingerprint density at radius 1 is 1.53 bits per heavy atom. The molecule has 0 fully saturated rings. The summed E-state index contributed by atoms with van der Waals surface area (Å²) in [5.74, 6) is 0.218. The number of halogens is 3. The highest BCUT2D eigenvalue weighted by molar-refractivity contribution is 9.10. The lowest BCUT2D eigenvalue weighted by Gasteiger charge is -2.12. The lowest BCUT2D eigenvalue weighted by atomic mass is 10.2. The van der Waals surface area contributed by atoms with E-state index in [4.69, 9.17) is 23.2 Å². The summed E-state index contributed by atoms with van der Waals surface area (Å²) in [6.07, 6.45) is -0.547. The molecule has 5 heteroatoms. The van der Waals surface area contributed by atoms with Gasteiger partial charge < -0.3 is 10.4 Å². The van der Waals surface area contributed by atoms with Gasteiger partial charge in [-0.1, -0.05) is 11.6 Å². The van der Waals surface area contributed by atoms with Gasteiger partial charge in [-0.15, -0.1) is 11.6 Å². The molecule has 1 rings (SSSR count). The predicted molar refractivity (Wildman–Crippen MR) is 69.1 cm³/mol. The van der Waals surface area contributed by atoms with Crippen LogP contribution in [0.25, 0.3) is 0 Å². The van der Waals surface area contributed by atoms with Crippen LogP contribution in [0.4, 0.5) is 5.69 Å². The molecule has 1 atom stereocenters. The van der Waals surface area contributed by atoms with E-state index in [2.05, 4.69) is 21.2 Å². The minimum absolute atomic E-state index is 0.218. The van der Waals surface area contributed by atoms with Gasteiger partial charge >= 0.3 is 0 Å². The lowest BCUT2D eigenvalue weighted by Crippen LogP contribution is -2.20. The highest BCUT2D eigenvalue weighted by atomic mass is 79.9. The van der Waals surface area contributed by atoms with Gasteiger partial charge in [0.25, 0.3) is 0 Å². The van der Waals surface area contributed by atoms with Crippen LogP contribution in [0.2, 0.25) is 5.02 Å². The number of aliphatic hydroxyl groups excluding tert-OH is 1. The summed E-state index contributed by atoms with van der Waals surface area (Å²) in [7, 11) is 0. The molecule has 0 aliphatic carbocycles. The summed E-state index contributed by atoms with van der Waals surface area (Å²) in [5.41, 5.74) is 1.93. The second kappa shape index (κ2) is 5.94. The Hall–Kier alpha value is 0.0400. The minimum atomic E-state index is -0.547. The Kier molecular flexibility index (Phi) is 5.19. The van der Waals surface area contributed by atoms with Crippen LogP contribution >= 0.6 is 39.1 Å². The van der Waals surface area contributed by atoms with Gasteiger partial charge in [-0.25, -0.2) is 0 Å². The van der Waals surface area contributed by atoms with Crippen LogP contribution in [0.15, 0.2) is 16.6 Å². The molecule has 1 aromatic carbocycles. The van der Waals surface area contributed by atoms with Gasteiger partial charge in [0, 0.05) is 16.7 Å². The van der Waals surface area contributed by atoms with Crippen molar-refractivity contribution in [2.75, 3.05) is 17.7 Å². The number of anilines is 1. The predicted octanol–water partition coefficient (Wildman–Crippen LogP) is 3.42. The second-order valence-corrected chi connectivity index (χ2v) is 4.79. The fraction of sp³-hybridized carbons (Fsp3) is 0.400. The molecule has 0 aromatic heterocycles. The van der Waals surface area contributed by atoms with Crippen molar-refractivity contribution in [2.24, 2.45) is 0 Å². The minimum Gasteiger partial charge on any atom is -0.390 e. The van der Waals surface area contributed by atoms with Crippen molar-refractivity contribution in [1.82, 2.24) is 0 Å². The maximum atomic E-state index is 9.28. The molecule has 0 aliphatic heterocycles. The topological polar surface area (TPSA) is 32.3 Å². The van der Waals surface area contributed by atoms with E-state index >= 15 is 0 Å². The van der Waals surface area contributed by atoms with Crippen molar-refractivity contribution < 1.29 is 5.11 Å². The lowest BCUT2D eigenvalue weighted by molar-refractivity contribution is 0.211. The standard InChI is InChI=1S/C10H12BrCl2NO/c1-6-2-7(3-9(13)10(6)11)14-5-8(15)4-12/h2-3,8,14-15H,4-5H2,1H3. The molecule has 0 saturated heterocycles. The zero-order chi connectivity index (χ0) is 11.4. The smallest absolute Gasteiger partial charge is 0.0847 e. The molecular formula is C10H12BrCl2NO. The fourth-order valence-corrected chi connectivity index (χ4v) is 1.72. The molecule has 0 aliphatic rings. The SMILES string of the molecule is Cc1cc(NCC(O)CCl)cc(Cl)c1Br. The summed E-state index contributed by atoms with van der Waals surface area (Å²) < 4.78 is 0.896. The molecule has 1 unspecified atom stereocenters. The van der Waals surface area contributed by atoms with Crippen molar-refractivity contribution >= 4 is 44.8 Å². The zero-order valence-corrected chi connectivity index (χ0v) is 11.3. The van der Waals surface area contributed by atoms with E-state index in [1.165, 1.54) is 0 Å². The number of rotatable bonds is 4. The molecular weight excluding hydrogens is 301 g/mol. The Balaban J connectivity index is 2.70. The number of aryl methyl sites for hydroxylation is 1. The molecule has 0 radical (unpaired) electrons. The largest absolute Gasteiger partial charge is 0.390 e. The Bertz CT molecular complexity index is 323. The maximum Gasteiger partial charge on any atom is 0.0847 e. The van der Waals surface area contributed by atoms with Gasteiger partial charge in [0.1, 0.15) is 0 Å². The number of nitrogens with one attached hydrogen (secondary N) is 1. The van der Waals surface area contributed by atoms with Crippen LogP contribution in [0, 0.1) is 6.92 Å². The van der Waals surface area contributed by atoms with Crippen LogP contribution in [0.1, 0.15) is 5.56 Å². The monoisotopic (exact) mass is 311 g/mol. The number of hydrogen-bond acceptors (Lipinski definition) is 2. The molecule has 15 heavy (non-hydrogen) atoms. The normalized spacial score (nSPS) is 12.6. The van der Waals surface area contributed by atoms with Crippen molar-refractivity contribution in [1.29, 1.82) is 0 Å². The zero-order valence-electron chi connectivity index (χ0n) is 8.23. The van der Waals surface area contributed by atoms with Crippen molar-refractivity contribution in [2.45, 2.75) is 13.0 Å². The quantitative estimate of drug-likeness (QED) is 0.835. The van der Waals surface area contributed by atoms with Crippen molar-refractivity contribution in [3.05, 3.63) is 27.2 Å². The van der Waals surface area contributed by atoms with Crippen LogP contribution in [-0.2, 0) is 0 Å². The van der Waals surface area contributed by atoms with Gasteiger partial charge in [0.05, 0.1) is 17.0 Å². The number of benzene rings is 1. The Morgan fingerprint density at radius 2 is 2.20 bits per heavy atom. The summed E-state index contributed by atoms with van der Waals surface area (Å²) >= 11 is 14.9. The summed E-state index contributed by atoms with van der Waals surface area (Å²) in [4.78, 5) is 0. The molecule has 0 amide bonds. The molecule has 2 N–H and O–H groups in total. The van der Waals surface area contributed by atoms with Gasteiger partial charge in [-0.05, 0) is 40.5 Å². The average molecular weight is 313 g/mol. The van der Waals surface area contributed by atoms with E-state index < -0.39 is 6.10 Å². The number of aliphatic hydroxyl groups is 1. The van der Waals surface area contributed by atoms with Gasteiger partial charge in [-0.2, -0.15) is 0 Å². The number of hydrogen-bond donors (Lipinski definition) is 2. The van der Waals surface area contributed by atoms with E-state index in [1.807, 2.05) is 13.0 Å². The van der Waals surface area contributed by atoms with Crippen LogP contribution in [-0.4, -0.2) is 23.6 Å². The van der Waals surface area contributed by atoms with Crippen molar-refractivity contribution in [3.63, 3.8) is 0 Å². The second-order valence-electron chi connectivity index (χ2n) is 3.28. The Labute approximate surface area is 108 Å². The molecule has 0 heterocycles. The first kappa shape index (κ1) is 13.1. The van der Waals surface area contributed by atoms with E-state index in [-0.39, 0.29) is 5.88 Å². The highest BCUT2D eigenvalue weighted by Gasteiger charge is 2.05. The van der Waals surface area contributed by atoms with E-state index in [1.54, 1.807) is 6.07 Å². The maximum absolute atomic E-state index is 9.28. The molecule has 0 bridgehead atoms. The summed E-state index contributed by atoms with van der Waals surface area (Å²) in [6, 6.07) is 3.76. The van der Waals surface area contributed by atoms with Crippen LogP contribution in [0.5, 0.6) is 0 Å². The van der Waals surface area contributed by atoms with Gasteiger partial charge in [0.15, 0.2) is 0 Å². The van der Waals surface area contributed by atoms with E-state index in [0.717, 1.165) is 15.7 Å². The molecule has 2 nitrogen and oxygen atoms in total. The average Bonchev–Trinajstić information content (AvgIpc) is 2.22. The third-order valence-electron chi connectivity index (χ3n) is 1.93. The van der Waals surface area contributed by atoms with E-state index in [9.17, 15) is 5.11 Å². The first-order valence-corrected chi connectivity index (χ1v) is 6.18. The third kappa shape index (κ3) is 3.83. The molecule has 0 saturated carbocycles. The van der Waals surface area contributed by atoms with Gasteiger partial charge in [-0.3, -0.25) is 0 Å². The third-order valence-corrected chi connectivity index (χ3v) is 3.87. The first-order chi connectivity index (χ1) is 7.04. The number of alkyl halides is 1. The van der Waals surface area contributed by atoms with Gasteiger partial charge in [0.2, 0.25) is 0 Å². The van der Waals surface area contributed by atoms with Crippen molar-refractivity contribution in [3.8, 4) is 0 Å². The first-order valence-electron chi connectivity index (χ1n) is 4.48. The van der Waals surface area contributed by atoms with E-state index in [0.29, 0.717) is 11.6 Å². The Morgan fingerprint density at radius 3 is 2.73 bits per heavy atom. The molecule has 0 spiro atoms. The van der Waals surface area contributed by atoms with Crippen LogP contribution < -0.4 is 5.32 Å². The molecule has 84 valence electrons. The molecule has 1 aromatic rings. The highest BCUT2D eigenvalue weighted by Crippen LogP contribution is 2.29. The summed E-state index contributed by atoms with van der Waals surface area (Å²) in [5, 5.41) is 13.0. The summed E-state index contributed by atoms with van der Waals surface area (Å²) in [6.45, 7) is 2.38. The van der Waals surface area contributed by atoms with Crippen LogP contribution in [0.3, 0.4) is 0 Å².